The predicted octanol–water partition coefficient (Wildman–Crippen LogP) is 1.30. The third-order valence-corrected chi connectivity index (χ3v) is 5.90. The van der Waals surface area contributed by atoms with Crippen molar-refractivity contribution in [1.82, 2.24) is 25.0 Å². The van der Waals surface area contributed by atoms with Crippen molar-refractivity contribution in [2.45, 2.75) is 62.9 Å². The van der Waals surface area contributed by atoms with Gasteiger partial charge in [0.2, 0.25) is 0 Å². The minimum absolute atomic E-state index is 0.0517. The molecule has 0 unspecified atom stereocenters. The van der Waals surface area contributed by atoms with E-state index < -0.39 is 30.1 Å². The number of unbranched alkanes of at least 4 members (excludes halogenated alkanes) is 1. The van der Waals surface area contributed by atoms with E-state index in [1.807, 2.05) is 0 Å². The summed E-state index contributed by atoms with van der Waals surface area (Å²) in [4.78, 5) is 20.4. The molecule has 0 saturated heterocycles. The molecule has 0 bridgehead atoms. The highest BCUT2D eigenvalue weighted by atomic mass is 32.2. The number of nitrogens with one attached hydrogen (secondary N) is 1. The molecule has 0 radical (unpaired) electrons. The van der Waals surface area contributed by atoms with Gasteiger partial charge in [0.25, 0.3) is 0 Å². The number of carbonyl (C=O) groups is 1. The number of aliphatic hydroxyl groups is 2. The summed E-state index contributed by atoms with van der Waals surface area (Å²) >= 11 is 1.51. The van der Waals surface area contributed by atoms with E-state index in [1.165, 1.54) is 16.4 Å². The third-order valence-electron chi connectivity index (χ3n) is 4.84. The Morgan fingerprint density at radius 2 is 2.04 bits per heavy atom. The standard InChI is InChI=1S/C17H26N6O4S/c1-3-5-6-18-14-11-15(20-17(19-14)28-7-4-2)23(22-21-11)10-8-9(16(26)27)12(24)13(10)25/h9-10,12-13,24-25H,3-8H2,1-2H3,(H,26,27)(H,18,19,20)/t9-,10+,12+,13-/m0/s1. The van der Waals surface area contributed by atoms with E-state index in [2.05, 4.69) is 39.4 Å². The van der Waals surface area contributed by atoms with Crippen LogP contribution in [0.15, 0.2) is 5.16 Å². The van der Waals surface area contributed by atoms with Gasteiger partial charge in [0, 0.05) is 12.3 Å². The average molecular weight is 411 g/mol. The molecule has 1 aliphatic rings. The molecule has 28 heavy (non-hydrogen) atoms. The second kappa shape index (κ2) is 9.01. The molecule has 0 aromatic carbocycles. The minimum atomic E-state index is -1.36. The van der Waals surface area contributed by atoms with E-state index in [4.69, 9.17) is 0 Å². The van der Waals surface area contributed by atoms with Crippen LogP contribution in [-0.4, -0.2) is 70.8 Å². The van der Waals surface area contributed by atoms with Gasteiger partial charge in [0.15, 0.2) is 22.1 Å². The summed E-state index contributed by atoms with van der Waals surface area (Å²) in [5.41, 5.74) is 0.896. The minimum Gasteiger partial charge on any atom is -0.481 e. The van der Waals surface area contributed by atoms with E-state index >= 15 is 0 Å². The molecular weight excluding hydrogens is 384 g/mol. The lowest BCUT2D eigenvalue weighted by Gasteiger charge is -2.16. The molecule has 2 aromatic rings. The van der Waals surface area contributed by atoms with Crippen molar-refractivity contribution in [2.75, 3.05) is 17.6 Å². The number of aromatic nitrogens is 5. The van der Waals surface area contributed by atoms with Crippen LogP contribution < -0.4 is 5.32 Å². The van der Waals surface area contributed by atoms with Crippen molar-refractivity contribution < 1.29 is 20.1 Å². The van der Waals surface area contributed by atoms with Crippen LogP contribution in [0.3, 0.4) is 0 Å². The second-order valence-corrected chi connectivity index (χ2v) is 7.98. The molecule has 1 aliphatic carbocycles. The molecule has 10 nitrogen and oxygen atoms in total. The van der Waals surface area contributed by atoms with E-state index in [1.54, 1.807) is 0 Å². The van der Waals surface area contributed by atoms with Crippen LogP contribution in [-0.2, 0) is 4.79 Å². The van der Waals surface area contributed by atoms with Crippen molar-refractivity contribution >= 4 is 34.7 Å². The quantitative estimate of drug-likeness (QED) is 0.271. The summed E-state index contributed by atoms with van der Waals surface area (Å²) in [6.07, 6.45) is 0.411. The molecule has 3 rings (SSSR count). The summed E-state index contributed by atoms with van der Waals surface area (Å²) in [5.74, 6) is -0.773. The van der Waals surface area contributed by atoms with E-state index in [0.717, 1.165) is 31.6 Å². The first-order valence-electron chi connectivity index (χ1n) is 9.56. The fourth-order valence-corrected chi connectivity index (χ4v) is 3.99. The summed E-state index contributed by atoms with van der Waals surface area (Å²) in [6.45, 7) is 4.90. The number of aliphatic hydroxyl groups excluding tert-OH is 2. The Kier molecular flexibility index (Phi) is 6.68. The fourth-order valence-electron chi connectivity index (χ4n) is 3.29. The van der Waals surface area contributed by atoms with Crippen LogP contribution in [0.1, 0.15) is 45.6 Å². The van der Waals surface area contributed by atoms with Gasteiger partial charge in [0.05, 0.1) is 18.1 Å². The van der Waals surface area contributed by atoms with Gasteiger partial charge in [-0.15, -0.1) is 5.10 Å². The largest absolute Gasteiger partial charge is 0.481 e. The van der Waals surface area contributed by atoms with Crippen molar-refractivity contribution in [3.05, 3.63) is 0 Å². The third kappa shape index (κ3) is 4.06. The van der Waals surface area contributed by atoms with Crippen LogP contribution in [0.4, 0.5) is 5.82 Å². The Balaban J connectivity index is 1.99. The zero-order valence-corrected chi connectivity index (χ0v) is 16.8. The van der Waals surface area contributed by atoms with Crippen LogP contribution >= 0.6 is 11.8 Å². The lowest BCUT2D eigenvalue weighted by molar-refractivity contribution is -0.145. The van der Waals surface area contributed by atoms with Gasteiger partial charge in [-0.3, -0.25) is 4.79 Å². The van der Waals surface area contributed by atoms with Crippen LogP contribution in [0, 0.1) is 5.92 Å². The van der Waals surface area contributed by atoms with Gasteiger partial charge < -0.3 is 20.6 Å². The molecule has 0 spiro atoms. The Hall–Kier alpha value is -1.98. The number of carboxylic acid groups (broad SMARTS) is 1. The predicted molar refractivity (Wildman–Crippen MR) is 104 cm³/mol. The van der Waals surface area contributed by atoms with Crippen LogP contribution in [0.2, 0.25) is 0 Å². The molecule has 1 fully saturated rings. The number of rotatable bonds is 9. The molecule has 2 aromatic heterocycles. The maximum atomic E-state index is 11.4. The van der Waals surface area contributed by atoms with E-state index in [-0.39, 0.29) is 6.42 Å². The molecule has 0 amide bonds. The maximum absolute atomic E-state index is 11.4. The summed E-state index contributed by atoms with van der Waals surface area (Å²) in [7, 11) is 0. The molecule has 154 valence electrons. The SMILES string of the molecule is CCCCNc1nc(SCCC)nc2c1nnn2[C@@H]1C[C@H](C(=O)O)[C@@H](O)[C@H]1O. The molecule has 4 atom stereocenters. The smallest absolute Gasteiger partial charge is 0.309 e. The number of anilines is 1. The molecule has 1 saturated carbocycles. The molecule has 11 heteroatoms. The van der Waals surface area contributed by atoms with Crippen LogP contribution in [0.25, 0.3) is 11.2 Å². The van der Waals surface area contributed by atoms with Gasteiger partial charge in [-0.05, 0) is 19.3 Å². The Labute approximate surface area is 166 Å². The molecule has 0 aliphatic heterocycles. The lowest BCUT2D eigenvalue weighted by Crippen LogP contribution is -2.32. The highest BCUT2D eigenvalue weighted by Crippen LogP contribution is 2.37. The number of carboxylic acids is 1. The monoisotopic (exact) mass is 410 g/mol. The van der Waals surface area contributed by atoms with E-state index in [0.29, 0.717) is 22.1 Å². The number of aliphatic carboxylic acids is 1. The first kappa shape index (κ1) is 20.7. The highest BCUT2D eigenvalue weighted by Gasteiger charge is 2.47. The summed E-state index contributed by atoms with van der Waals surface area (Å²) in [6, 6.07) is -0.719. The summed E-state index contributed by atoms with van der Waals surface area (Å²) < 4.78 is 1.43. The van der Waals surface area contributed by atoms with Gasteiger partial charge in [-0.25, -0.2) is 14.6 Å². The van der Waals surface area contributed by atoms with Crippen molar-refractivity contribution in [1.29, 1.82) is 0 Å². The molecule has 2 heterocycles. The van der Waals surface area contributed by atoms with Gasteiger partial charge >= 0.3 is 5.97 Å². The van der Waals surface area contributed by atoms with Gasteiger partial charge in [-0.1, -0.05) is 37.2 Å². The number of thioether (sulfide) groups is 1. The highest BCUT2D eigenvalue weighted by molar-refractivity contribution is 7.99. The first-order chi connectivity index (χ1) is 13.5. The normalized spacial score (nSPS) is 24.7. The number of nitrogens with zero attached hydrogens (tertiary/aromatic N) is 5. The van der Waals surface area contributed by atoms with Gasteiger partial charge in [0.1, 0.15) is 6.10 Å². The van der Waals surface area contributed by atoms with Gasteiger partial charge in [-0.2, -0.15) is 0 Å². The van der Waals surface area contributed by atoms with Crippen molar-refractivity contribution in [3.8, 4) is 0 Å². The van der Waals surface area contributed by atoms with Crippen molar-refractivity contribution in [3.63, 3.8) is 0 Å². The summed E-state index contributed by atoms with van der Waals surface area (Å²) in [5, 5.41) is 41.9. The zero-order chi connectivity index (χ0) is 20.3. The lowest BCUT2D eigenvalue weighted by atomic mass is 10.1. The van der Waals surface area contributed by atoms with Crippen molar-refractivity contribution in [2.24, 2.45) is 5.92 Å². The number of fused-ring (bicyclic) bond motifs is 1. The Morgan fingerprint density at radius 3 is 2.68 bits per heavy atom. The first-order valence-corrected chi connectivity index (χ1v) is 10.5. The fraction of sp³-hybridized carbons (Fsp3) is 0.706. The molecule has 4 N–H and O–H groups in total. The Bertz CT molecular complexity index is 831. The maximum Gasteiger partial charge on any atom is 0.309 e. The van der Waals surface area contributed by atoms with Crippen LogP contribution in [0.5, 0.6) is 0 Å². The Morgan fingerprint density at radius 1 is 1.25 bits per heavy atom. The second-order valence-electron chi connectivity index (χ2n) is 6.92. The average Bonchev–Trinajstić information content (AvgIpc) is 3.22. The van der Waals surface area contributed by atoms with E-state index in [9.17, 15) is 20.1 Å². The number of hydrogen-bond donors (Lipinski definition) is 4. The number of hydrogen-bond acceptors (Lipinski definition) is 9. The topological polar surface area (TPSA) is 146 Å². The zero-order valence-electron chi connectivity index (χ0n) is 15.9. The molecular formula is C17H26N6O4S.